The van der Waals surface area contributed by atoms with Crippen LogP contribution in [0.3, 0.4) is 0 Å². The third kappa shape index (κ3) is 2.52. The largest absolute Gasteiger partial charge is 0.396 e. The summed E-state index contributed by atoms with van der Waals surface area (Å²) >= 11 is 3.12. The minimum absolute atomic E-state index is 0.00615. The second-order valence-corrected chi connectivity index (χ2v) is 7.03. The van der Waals surface area contributed by atoms with E-state index >= 15 is 0 Å². The van der Waals surface area contributed by atoms with Crippen molar-refractivity contribution in [3.8, 4) is 0 Å². The van der Waals surface area contributed by atoms with Crippen molar-refractivity contribution in [2.45, 2.75) is 38.1 Å². The van der Waals surface area contributed by atoms with Crippen molar-refractivity contribution >= 4 is 39.6 Å². The first-order chi connectivity index (χ1) is 8.45. The van der Waals surface area contributed by atoms with Crippen LogP contribution in [0, 0.1) is 11.8 Å². The Hall–Kier alpha value is -0.680. The van der Waals surface area contributed by atoms with Gasteiger partial charge in [0.1, 0.15) is 5.00 Å². The number of thioether (sulfide) groups is 1. The molecule has 0 spiro atoms. The molecule has 5 heteroatoms. The molecule has 1 aliphatic rings. The van der Waals surface area contributed by atoms with Gasteiger partial charge in [-0.3, -0.25) is 4.79 Å². The molecule has 100 valence electrons. The number of hydrogen-bond acceptors (Lipinski definition) is 5. The van der Waals surface area contributed by atoms with E-state index in [4.69, 9.17) is 5.73 Å². The van der Waals surface area contributed by atoms with Crippen LogP contribution in [0.5, 0.6) is 0 Å². The number of anilines is 2. The van der Waals surface area contributed by atoms with Crippen molar-refractivity contribution < 1.29 is 4.79 Å². The molecule has 1 saturated carbocycles. The van der Waals surface area contributed by atoms with E-state index in [1.54, 1.807) is 11.8 Å². The van der Waals surface area contributed by atoms with E-state index in [9.17, 15) is 4.79 Å². The highest BCUT2D eigenvalue weighted by atomic mass is 32.2. The number of carbonyl (C=O) groups is 1. The smallest absolute Gasteiger partial charge is 0.177 e. The highest BCUT2D eigenvalue weighted by molar-refractivity contribution is 7.99. The van der Waals surface area contributed by atoms with Crippen LogP contribution in [0.2, 0.25) is 0 Å². The Labute approximate surface area is 117 Å². The Morgan fingerprint density at radius 1 is 1.56 bits per heavy atom. The predicted molar refractivity (Wildman–Crippen MR) is 80.9 cm³/mol. The quantitative estimate of drug-likeness (QED) is 0.639. The lowest BCUT2D eigenvalue weighted by Gasteiger charge is -2.04. The fourth-order valence-electron chi connectivity index (χ4n) is 1.86. The summed E-state index contributed by atoms with van der Waals surface area (Å²) in [4.78, 5) is 13.8. The Kier molecular flexibility index (Phi) is 3.92. The van der Waals surface area contributed by atoms with E-state index in [2.05, 4.69) is 12.2 Å². The molecule has 0 aromatic carbocycles. The first-order valence-electron chi connectivity index (χ1n) is 6.22. The molecule has 3 N–H and O–H groups in total. The van der Waals surface area contributed by atoms with E-state index in [-0.39, 0.29) is 11.7 Å². The Morgan fingerprint density at radius 3 is 2.61 bits per heavy atom. The molecule has 0 amide bonds. The number of hydrogen-bond donors (Lipinski definition) is 2. The summed E-state index contributed by atoms with van der Waals surface area (Å²) in [5.74, 6) is 0.866. The topological polar surface area (TPSA) is 55.1 Å². The van der Waals surface area contributed by atoms with Crippen molar-refractivity contribution in [1.82, 2.24) is 0 Å². The maximum atomic E-state index is 12.1. The minimum atomic E-state index is -0.00615. The number of nitrogen functional groups attached to an aromatic ring is 1. The maximum Gasteiger partial charge on any atom is 0.177 e. The van der Waals surface area contributed by atoms with Crippen LogP contribution in [-0.2, 0) is 0 Å². The van der Waals surface area contributed by atoms with Gasteiger partial charge in [-0.1, -0.05) is 20.8 Å². The fourth-order valence-corrected chi connectivity index (χ4v) is 4.03. The molecule has 0 saturated heterocycles. The van der Waals surface area contributed by atoms with Gasteiger partial charge in [0.2, 0.25) is 0 Å². The van der Waals surface area contributed by atoms with Gasteiger partial charge < -0.3 is 11.1 Å². The van der Waals surface area contributed by atoms with Crippen LogP contribution in [0.25, 0.3) is 0 Å². The van der Waals surface area contributed by atoms with Crippen LogP contribution in [0.4, 0.5) is 10.7 Å². The number of nitrogens with one attached hydrogen (secondary N) is 1. The van der Waals surface area contributed by atoms with Crippen LogP contribution < -0.4 is 11.1 Å². The SMILES string of the molecule is CSc1c(NC2CC2C)sc(C(=O)C(C)C)c1N. The van der Waals surface area contributed by atoms with E-state index in [1.807, 2.05) is 20.1 Å². The molecule has 3 nitrogen and oxygen atoms in total. The standard InChI is InChI=1S/C13H20N2OS2/c1-6(2)10(16)11-9(14)12(17-4)13(18-11)15-8-5-7(8)3/h6-8,15H,5,14H2,1-4H3. The molecule has 0 bridgehead atoms. The van der Waals surface area contributed by atoms with Gasteiger partial charge in [0, 0.05) is 12.0 Å². The van der Waals surface area contributed by atoms with Crippen molar-refractivity contribution in [1.29, 1.82) is 0 Å². The molecular formula is C13H20N2OS2. The number of carbonyl (C=O) groups excluding carboxylic acids is 1. The highest BCUT2D eigenvalue weighted by Crippen LogP contribution is 2.45. The Morgan fingerprint density at radius 2 is 2.17 bits per heavy atom. The minimum Gasteiger partial charge on any atom is -0.396 e. The maximum absolute atomic E-state index is 12.1. The molecule has 18 heavy (non-hydrogen) atoms. The van der Waals surface area contributed by atoms with Gasteiger partial charge in [-0.2, -0.15) is 0 Å². The van der Waals surface area contributed by atoms with Crippen LogP contribution in [-0.4, -0.2) is 18.1 Å². The van der Waals surface area contributed by atoms with E-state index in [0.29, 0.717) is 16.6 Å². The number of nitrogens with two attached hydrogens (primary N) is 1. The number of ketones is 1. The van der Waals surface area contributed by atoms with E-state index in [1.165, 1.54) is 17.8 Å². The molecule has 2 atom stereocenters. The summed E-state index contributed by atoms with van der Waals surface area (Å²) in [5, 5.41) is 4.57. The summed E-state index contributed by atoms with van der Waals surface area (Å²) < 4.78 is 0. The normalized spacial score (nSPS) is 22.3. The van der Waals surface area contributed by atoms with Crippen molar-refractivity contribution in [3.63, 3.8) is 0 Å². The summed E-state index contributed by atoms with van der Waals surface area (Å²) in [7, 11) is 0. The van der Waals surface area contributed by atoms with E-state index < -0.39 is 0 Å². The number of Topliss-reactive ketones (excluding diaryl/α,β-unsaturated/α-hetero) is 1. The first-order valence-corrected chi connectivity index (χ1v) is 8.26. The van der Waals surface area contributed by atoms with Gasteiger partial charge in [0.05, 0.1) is 15.5 Å². The molecule has 0 aliphatic heterocycles. The highest BCUT2D eigenvalue weighted by Gasteiger charge is 2.34. The average molecular weight is 284 g/mol. The molecule has 1 aromatic heterocycles. The molecule has 1 aromatic rings. The lowest BCUT2D eigenvalue weighted by Crippen LogP contribution is -2.07. The van der Waals surface area contributed by atoms with Crippen molar-refractivity contribution in [2.24, 2.45) is 11.8 Å². The molecular weight excluding hydrogens is 264 g/mol. The summed E-state index contributed by atoms with van der Waals surface area (Å²) in [6.07, 6.45) is 3.21. The van der Waals surface area contributed by atoms with Gasteiger partial charge in [0.25, 0.3) is 0 Å². The van der Waals surface area contributed by atoms with Crippen LogP contribution in [0.15, 0.2) is 4.90 Å². The molecule has 1 fully saturated rings. The molecule has 0 radical (unpaired) electrons. The zero-order valence-electron chi connectivity index (χ0n) is 11.2. The number of rotatable bonds is 5. The van der Waals surface area contributed by atoms with Crippen molar-refractivity contribution in [2.75, 3.05) is 17.3 Å². The molecule has 2 unspecified atom stereocenters. The van der Waals surface area contributed by atoms with Crippen molar-refractivity contribution in [3.05, 3.63) is 4.88 Å². The summed E-state index contributed by atoms with van der Waals surface area (Å²) in [6, 6.07) is 0.552. The second kappa shape index (κ2) is 5.13. The summed E-state index contributed by atoms with van der Waals surface area (Å²) in [5.41, 5.74) is 6.77. The monoisotopic (exact) mass is 284 g/mol. The second-order valence-electron chi connectivity index (χ2n) is 5.19. The Bertz CT molecular complexity index is 468. The van der Waals surface area contributed by atoms with Gasteiger partial charge in [-0.25, -0.2) is 0 Å². The van der Waals surface area contributed by atoms with Crippen LogP contribution >= 0.6 is 23.1 Å². The third-order valence-electron chi connectivity index (χ3n) is 3.28. The average Bonchev–Trinajstić information content (AvgIpc) is 2.90. The van der Waals surface area contributed by atoms with Gasteiger partial charge in [-0.05, 0) is 18.6 Å². The van der Waals surface area contributed by atoms with E-state index in [0.717, 1.165) is 15.8 Å². The molecule has 1 heterocycles. The number of thiophene rings is 1. The lowest BCUT2D eigenvalue weighted by atomic mass is 10.1. The van der Waals surface area contributed by atoms with Gasteiger partial charge in [-0.15, -0.1) is 23.1 Å². The predicted octanol–water partition coefficient (Wildman–Crippen LogP) is 3.71. The Balaban J connectivity index is 2.29. The zero-order chi connectivity index (χ0) is 13.4. The zero-order valence-corrected chi connectivity index (χ0v) is 12.9. The third-order valence-corrected chi connectivity index (χ3v) is 5.39. The van der Waals surface area contributed by atoms with Gasteiger partial charge in [0.15, 0.2) is 5.78 Å². The molecule has 2 rings (SSSR count). The van der Waals surface area contributed by atoms with Crippen LogP contribution in [0.1, 0.15) is 36.9 Å². The first kappa shape index (κ1) is 13.7. The lowest BCUT2D eigenvalue weighted by molar-refractivity contribution is 0.0944. The fraction of sp³-hybridized carbons (Fsp3) is 0.615. The van der Waals surface area contributed by atoms with Gasteiger partial charge >= 0.3 is 0 Å². The summed E-state index contributed by atoms with van der Waals surface area (Å²) in [6.45, 7) is 6.06. The molecule has 1 aliphatic carbocycles.